The first-order valence-electron chi connectivity index (χ1n) is 11.1. The summed E-state index contributed by atoms with van der Waals surface area (Å²) in [5.41, 5.74) is 1.06. The Morgan fingerprint density at radius 2 is 1.88 bits per heavy atom. The van der Waals surface area contributed by atoms with Gasteiger partial charge >= 0.3 is 0 Å². The van der Waals surface area contributed by atoms with Crippen molar-refractivity contribution in [3.05, 3.63) is 42.0 Å². The molecule has 32 heavy (non-hydrogen) atoms. The molecular formula is C23H27N7OS. The van der Waals surface area contributed by atoms with Crippen LogP contribution >= 0.6 is 11.8 Å². The van der Waals surface area contributed by atoms with Crippen molar-refractivity contribution < 1.29 is 4.79 Å². The summed E-state index contributed by atoms with van der Waals surface area (Å²) in [5, 5.41) is 3.86. The van der Waals surface area contributed by atoms with E-state index in [1.165, 1.54) is 11.8 Å². The molecule has 0 radical (unpaired) electrons. The first-order chi connectivity index (χ1) is 15.6. The quantitative estimate of drug-likeness (QED) is 0.691. The van der Waals surface area contributed by atoms with Crippen molar-refractivity contribution in [2.75, 3.05) is 50.0 Å². The Hall–Kier alpha value is -2.78. The van der Waals surface area contributed by atoms with E-state index in [1.807, 2.05) is 36.4 Å². The standard InChI is InChI=1S/C23H27N7OS/c1-29-11-13-30(14-12-29)22-26-21(25-20-3-2-10-24-20)27-23(28-22)32-18-8-4-16(5-9-18)15-19(31)17-6-7-17/h2-5,8-9,17H,6-7,10-15H2,1H3,(H,24,25,26,27,28). The average molecular weight is 450 g/mol. The minimum absolute atomic E-state index is 0.299. The third kappa shape index (κ3) is 5.34. The lowest BCUT2D eigenvalue weighted by atomic mass is 10.1. The fourth-order valence-corrected chi connectivity index (χ4v) is 4.43. The highest BCUT2D eigenvalue weighted by atomic mass is 32.2. The lowest BCUT2D eigenvalue weighted by Crippen LogP contribution is -2.45. The van der Waals surface area contributed by atoms with Gasteiger partial charge in [-0.25, -0.2) is 0 Å². The van der Waals surface area contributed by atoms with Gasteiger partial charge in [-0.3, -0.25) is 9.79 Å². The van der Waals surface area contributed by atoms with Crippen LogP contribution in [0.1, 0.15) is 18.4 Å². The van der Waals surface area contributed by atoms with E-state index in [0.29, 0.717) is 41.7 Å². The summed E-state index contributed by atoms with van der Waals surface area (Å²) in [5.74, 6) is 2.62. The molecule has 166 valence electrons. The van der Waals surface area contributed by atoms with Gasteiger partial charge in [0.05, 0.1) is 6.54 Å². The molecule has 3 aliphatic rings. The number of likely N-dealkylation sites (N-methyl/N-ethyl adjacent to an activating group) is 1. The number of hydrogen-bond donors (Lipinski definition) is 1. The van der Waals surface area contributed by atoms with Crippen molar-refractivity contribution >= 4 is 35.3 Å². The van der Waals surface area contributed by atoms with E-state index in [0.717, 1.165) is 55.3 Å². The van der Waals surface area contributed by atoms with Gasteiger partial charge in [0.15, 0.2) is 5.16 Å². The third-order valence-corrected chi connectivity index (χ3v) is 6.69. The summed E-state index contributed by atoms with van der Waals surface area (Å²) in [7, 11) is 2.13. The van der Waals surface area contributed by atoms with Crippen LogP contribution in [0.25, 0.3) is 0 Å². The number of nitrogens with one attached hydrogen (secondary N) is 1. The topological polar surface area (TPSA) is 86.6 Å². The highest BCUT2D eigenvalue weighted by molar-refractivity contribution is 7.99. The number of benzene rings is 1. The molecule has 2 aromatic rings. The van der Waals surface area contributed by atoms with Crippen LogP contribution in [-0.2, 0) is 11.2 Å². The summed E-state index contributed by atoms with van der Waals surface area (Å²) in [6.45, 7) is 4.40. The molecule has 9 heteroatoms. The smallest absolute Gasteiger partial charge is 0.234 e. The molecule has 0 atom stereocenters. The maximum atomic E-state index is 12.1. The van der Waals surface area contributed by atoms with Crippen LogP contribution in [0.5, 0.6) is 0 Å². The first kappa shape index (κ1) is 21.1. The first-order valence-corrected chi connectivity index (χ1v) is 11.9. The number of hydrogen-bond acceptors (Lipinski definition) is 9. The number of nitrogens with zero attached hydrogens (tertiary/aromatic N) is 6. The van der Waals surface area contributed by atoms with Gasteiger partial charge in [0.2, 0.25) is 11.9 Å². The Labute approximate surface area is 192 Å². The van der Waals surface area contributed by atoms with E-state index in [1.54, 1.807) is 0 Å². The van der Waals surface area contributed by atoms with Crippen LogP contribution in [0.4, 0.5) is 11.9 Å². The zero-order valence-corrected chi connectivity index (χ0v) is 19.0. The second kappa shape index (κ2) is 9.38. The molecule has 1 aliphatic carbocycles. The molecule has 3 heterocycles. The van der Waals surface area contributed by atoms with Gasteiger partial charge < -0.3 is 15.1 Å². The Kier molecular flexibility index (Phi) is 6.18. The normalized spacial score (nSPS) is 18.7. The molecule has 2 aliphatic heterocycles. The SMILES string of the molecule is CN1CCN(c2nc(NC3=NCC=C3)nc(Sc3ccc(CC(=O)C4CC4)cc3)n2)CC1. The van der Waals surface area contributed by atoms with Gasteiger partial charge in [0.25, 0.3) is 0 Å². The van der Waals surface area contributed by atoms with Crippen molar-refractivity contribution in [1.29, 1.82) is 0 Å². The number of ketones is 1. The Bertz CT molecular complexity index is 1040. The molecule has 0 amide bonds. The Balaban J connectivity index is 1.33. The molecule has 1 aromatic heterocycles. The van der Waals surface area contributed by atoms with Gasteiger partial charge in [0.1, 0.15) is 11.6 Å². The number of amidine groups is 1. The lowest BCUT2D eigenvalue weighted by molar-refractivity contribution is -0.119. The van der Waals surface area contributed by atoms with E-state index in [-0.39, 0.29) is 0 Å². The van der Waals surface area contributed by atoms with Crippen molar-refractivity contribution in [2.24, 2.45) is 10.9 Å². The van der Waals surface area contributed by atoms with Crippen LogP contribution in [-0.4, -0.2) is 71.2 Å². The third-order valence-electron chi connectivity index (χ3n) is 5.82. The van der Waals surface area contributed by atoms with Crippen molar-refractivity contribution in [3.8, 4) is 0 Å². The predicted molar refractivity (Wildman–Crippen MR) is 127 cm³/mol. The van der Waals surface area contributed by atoms with Crippen LogP contribution in [0, 0.1) is 5.92 Å². The molecule has 8 nitrogen and oxygen atoms in total. The molecule has 0 spiro atoms. The summed E-state index contributed by atoms with van der Waals surface area (Å²) < 4.78 is 0. The van der Waals surface area contributed by atoms with Crippen molar-refractivity contribution in [2.45, 2.75) is 29.3 Å². The summed E-state index contributed by atoms with van der Waals surface area (Å²) in [4.78, 5) is 36.1. The highest BCUT2D eigenvalue weighted by Gasteiger charge is 2.29. The molecule has 1 saturated heterocycles. The number of Topliss-reactive ketones (excluding diaryl/α,β-unsaturated/α-hetero) is 1. The zero-order valence-electron chi connectivity index (χ0n) is 18.2. The summed E-state index contributed by atoms with van der Waals surface area (Å²) in [6, 6.07) is 8.14. The summed E-state index contributed by atoms with van der Waals surface area (Å²) >= 11 is 1.50. The number of piperazine rings is 1. The fraction of sp³-hybridized carbons (Fsp3) is 0.435. The monoisotopic (exact) mass is 449 g/mol. The maximum absolute atomic E-state index is 12.1. The minimum Gasteiger partial charge on any atom is -0.338 e. The Morgan fingerprint density at radius 1 is 1.09 bits per heavy atom. The molecule has 0 unspecified atom stereocenters. The molecular weight excluding hydrogens is 422 g/mol. The number of rotatable bonds is 7. The molecule has 0 bridgehead atoms. The number of carbonyl (C=O) groups excluding carboxylic acids is 1. The second-order valence-electron chi connectivity index (χ2n) is 8.45. The Morgan fingerprint density at radius 3 is 2.56 bits per heavy atom. The average Bonchev–Trinajstić information content (AvgIpc) is 3.53. The van der Waals surface area contributed by atoms with Gasteiger partial charge in [-0.1, -0.05) is 18.2 Å². The van der Waals surface area contributed by atoms with Crippen molar-refractivity contribution in [3.63, 3.8) is 0 Å². The second-order valence-corrected chi connectivity index (χ2v) is 9.49. The number of anilines is 2. The van der Waals surface area contributed by atoms with E-state index in [4.69, 9.17) is 4.98 Å². The number of carbonyl (C=O) groups is 1. The minimum atomic E-state index is 0.299. The van der Waals surface area contributed by atoms with E-state index in [2.05, 4.69) is 37.1 Å². The summed E-state index contributed by atoms with van der Waals surface area (Å²) in [6.07, 6.45) is 6.57. The van der Waals surface area contributed by atoms with Crippen LogP contribution in [0.2, 0.25) is 0 Å². The van der Waals surface area contributed by atoms with Crippen LogP contribution in [0.3, 0.4) is 0 Å². The number of aromatic nitrogens is 3. The molecule has 1 N–H and O–H groups in total. The van der Waals surface area contributed by atoms with Crippen LogP contribution < -0.4 is 10.2 Å². The van der Waals surface area contributed by atoms with Crippen LogP contribution in [0.15, 0.2) is 51.5 Å². The molecule has 1 saturated carbocycles. The molecule has 1 aromatic carbocycles. The largest absolute Gasteiger partial charge is 0.338 e. The number of aliphatic imine (C=N–C) groups is 1. The molecule has 5 rings (SSSR count). The molecule has 2 fully saturated rings. The van der Waals surface area contributed by atoms with E-state index >= 15 is 0 Å². The van der Waals surface area contributed by atoms with Gasteiger partial charge in [-0.15, -0.1) is 0 Å². The van der Waals surface area contributed by atoms with Gasteiger partial charge in [-0.05, 0) is 55.4 Å². The van der Waals surface area contributed by atoms with E-state index < -0.39 is 0 Å². The lowest BCUT2D eigenvalue weighted by Gasteiger charge is -2.32. The van der Waals surface area contributed by atoms with Crippen molar-refractivity contribution in [1.82, 2.24) is 19.9 Å². The highest BCUT2D eigenvalue weighted by Crippen LogP contribution is 2.32. The fourth-order valence-electron chi connectivity index (χ4n) is 3.69. The zero-order chi connectivity index (χ0) is 21.9. The maximum Gasteiger partial charge on any atom is 0.234 e. The van der Waals surface area contributed by atoms with Gasteiger partial charge in [0, 0.05) is 43.4 Å². The predicted octanol–water partition coefficient (Wildman–Crippen LogP) is 2.68. The van der Waals surface area contributed by atoms with Gasteiger partial charge in [-0.2, -0.15) is 15.0 Å². The van der Waals surface area contributed by atoms with E-state index in [9.17, 15) is 4.79 Å².